The fourth-order valence-corrected chi connectivity index (χ4v) is 8.77. The van der Waals surface area contributed by atoms with Crippen LogP contribution in [0, 0.1) is 0 Å². The van der Waals surface area contributed by atoms with Gasteiger partial charge in [0.05, 0.1) is 4.90 Å². The van der Waals surface area contributed by atoms with Crippen LogP contribution in [-0.2, 0) is 40.7 Å². The van der Waals surface area contributed by atoms with Crippen LogP contribution in [0.2, 0.25) is 0 Å². The van der Waals surface area contributed by atoms with E-state index in [2.05, 4.69) is 0 Å². The van der Waals surface area contributed by atoms with E-state index in [9.17, 15) is 47.8 Å². The fraction of sp³-hybridized carbons (Fsp3) is 0.333. The Morgan fingerprint density at radius 2 is 1.42 bits per heavy atom. The Hall–Kier alpha value is -2.32. The number of ketones is 2. The molecule has 1 atom stereocenters. The van der Waals surface area contributed by atoms with Gasteiger partial charge in [-0.05, 0) is 24.6 Å². The minimum absolute atomic E-state index is 0.231. The molecule has 1 unspecified atom stereocenters. The molecule has 0 saturated heterocycles. The summed E-state index contributed by atoms with van der Waals surface area (Å²) in [5, 5.41) is 0. The second-order valence-corrected chi connectivity index (χ2v) is 15.5. The van der Waals surface area contributed by atoms with Gasteiger partial charge < -0.3 is 0 Å². The Morgan fingerprint density at radius 1 is 0.861 bits per heavy atom. The molecule has 2 N–H and O–H groups in total. The number of benzene rings is 1. The van der Waals surface area contributed by atoms with Crippen LogP contribution in [0.5, 0.6) is 0 Å². The molecule has 198 valence electrons. The van der Waals surface area contributed by atoms with Gasteiger partial charge in [0.1, 0.15) is 4.75 Å². The largest absolute Gasteiger partial charge is 0.349 e. The van der Waals surface area contributed by atoms with Crippen molar-refractivity contribution in [2.24, 2.45) is 0 Å². The minimum Gasteiger partial charge on any atom is -0.289 e. The molecule has 36 heavy (non-hydrogen) atoms. The number of fused-ring (bicyclic) bond motifs is 1. The highest BCUT2D eigenvalue weighted by atomic mass is 32.3. The molecule has 0 heterocycles. The highest BCUT2D eigenvalue weighted by Gasteiger charge is 2.50. The van der Waals surface area contributed by atoms with E-state index in [1.54, 1.807) is 0 Å². The van der Waals surface area contributed by atoms with E-state index in [1.807, 2.05) is 0 Å². The number of Topliss-reactive ketones (excluding diaryl/α,β-unsaturated/α-hetero) is 2. The van der Waals surface area contributed by atoms with Crippen LogP contribution in [-0.4, -0.2) is 80.6 Å². The third-order valence-electron chi connectivity index (χ3n) is 6.09. The summed E-state index contributed by atoms with van der Waals surface area (Å²) in [7, 11) is -18.8. The number of carbonyl (C=O) groups is 2. The van der Waals surface area contributed by atoms with Crippen molar-refractivity contribution in [3.05, 3.63) is 52.6 Å². The Balaban J connectivity index is 2.13. The van der Waals surface area contributed by atoms with Gasteiger partial charge in [0.2, 0.25) is 10.0 Å². The van der Waals surface area contributed by atoms with Crippen LogP contribution in [0.25, 0.3) is 0 Å². The minimum atomic E-state index is -5.17. The number of hydrogen-bond donors (Lipinski definition) is 2. The quantitative estimate of drug-likeness (QED) is 0.403. The van der Waals surface area contributed by atoms with Gasteiger partial charge in [0, 0.05) is 42.8 Å². The predicted molar refractivity (Wildman–Crippen MR) is 124 cm³/mol. The van der Waals surface area contributed by atoms with E-state index >= 15 is 0 Å². The van der Waals surface area contributed by atoms with Gasteiger partial charge in [0.25, 0.3) is 10.0 Å². The first kappa shape index (κ1) is 28.3. The number of nitrogens with zero attached hydrogens (tertiary/aromatic N) is 2. The van der Waals surface area contributed by atoms with Crippen LogP contribution in [0.1, 0.15) is 40.5 Å². The molecule has 0 aromatic heterocycles. The fourth-order valence-electron chi connectivity index (χ4n) is 3.84. The molecule has 0 radical (unpaired) electrons. The first-order valence-electron chi connectivity index (χ1n) is 9.81. The number of hydrogen-bond acceptors (Lipinski definition) is 10. The van der Waals surface area contributed by atoms with Crippen molar-refractivity contribution in [2.45, 2.75) is 29.4 Å². The maximum atomic E-state index is 13.2. The maximum absolute atomic E-state index is 13.2. The van der Waals surface area contributed by atoms with Crippen LogP contribution in [0.3, 0.4) is 0 Å². The summed E-state index contributed by atoms with van der Waals surface area (Å²) in [5.41, 5.74) is -1.24. The number of rotatable bonds is 7. The zero-order valence-corrected chi connectivity index (χ0v) is 22.1. The van der Waals surface area contributed by atoms with E-state index in [1.165, 1.54) is 6.92 Å². The third-order valence-corrected chi connectivity index (χ3v) is 13.5. The molecule has 1 aromatic rings. The van der Waals surface area contributed by atoms with Crippen molar-refractivity contribution in [1.29, 1.82) is 0 Å². The topological polar surface area (TPSA) is 218 Å². The van der Waals surface area contributed by atoms with E-state index in [4.69, 9.17) is 4.55 Å². The standard InChI is InChI=1S/C18H20N2O12S4/c1-4-18(34(25,26)20(3)36(30,31)32)8-7-13-15(10-18)17(22)12-6-5-11(9-14(12)16(13)21)33(23,24)19(2)35(27,28)29/h5-9H,4,10H2,1-3H3,(H,27,28,29)(H,30,31,32). The van der Waals surface area contributed by atoms with Gasteiger partial charge in [-0.3, -0.25) is 18.7 Å². The highest BCUT2D eigenvalue weighted by molar-refractivity contribution is 8.02. The summed E-state index contributed by atoms with van der Waals surface area (Å²) in [5.74, 6) is -1.70. The summed E-state index contributed by atoms with van der Waals surface area (Å²) in [6.45, 7) is 1.40. The average Bonchev–Trinajstić information content (AvgIpc) is 2.79. The molecule has 1 aromatic carbocycles. The number of allylic oxidation sites excluding steroid dienone is 3. The lowest BCUT2D eigenvalue weighted by atomic mass is 9.76. The molecule has 0 saturated carbocycles. The average molecular weight is 585 g/mol. The van der Waals surface area contributed by atoms with Gasteiger partial charge >= 0.3 is 20.6 Å². The Morgan fingerprint density at radius 3 is 1.92 bits per heavy atom. The van der Waals surface area contributed by atoms with Gasteiger partial charge in [-0.2, -0.15) is 16.8 Å². The second kappa shape index (κ2) is 8.62. The lowest BCUT2D eigenvalue weighted by molar-refractivity contribution is 0.0972. The summed E-state index contributed by atoms with van der Waals surface area (Å²) in [6, 6.07) is 2.53. The predicted octanol–water partition coefficient (Wildman–Crippen LogP) is -0.0414. The molecule has 0 fully saturated rings. The Labute approximate surface area is 207 Å². The smallest absolute Gasteiger partial charge is 0.289 e. The van der Waals surface area contributed by atoms with Crippen LogP contribution in [0.4, 0.5) is 0 Å². The Bertz CT molecular complexity index is 1690. The molecule has 0 spiro atoms. The van der Waals surface area contributed by atoms with Crippen molar-refractivity contribution in [3.8, 4) is 0 Å². The molecule has 0 bridgehead atoms. The van der Waals surface area contributed by atoms with Crippen molar-refractivity contribution < 1.29 is 52.4 Å². The van der Waals surface area contributed by atoms with Gasteiger partial charge in [-0.15, -0.1) is 0 Å². The van der Waals surface area contributed by atoms with Crippen molar-refractivity contribution in [2.75, 3.05) is 14.1 Å². The third kappa shape index (κ3) is 4.26. The van der Waals surface area contributed by atoms with Crippen LogP contribution >= 0.6 is 0 Å². The lowest BCUT2D eigenvalue weighted by Crippen LogP contribution is -2.49. The Kier molecular flexibility index (Phi) is 6.77. The second-order valence-electron chi connectivity index (χ2n) is 7.91. The molecule has 18 heteroatoms. The lowest BCUT2D eigenvalue weighted by Gasteiger charge is -2.36. The molecular weight excluding hydrogens is 564 g/mol. The van der Waals surface area contributed by atoms with E-state index in [0.717, 1.165) is 30.4 Å². The normalized spacial score (nSPS) is 21.2. The molecule has 2 aliphatic rings. The van der Waals surface area contributed by atoms with Crippen LogP contribution in [0.15, 0.2) is 46.4 Å². The molecule has 0 aliphatic heterocycles. The zero-order chi connectivity index (χ0) is 27.6. The molecule has 2 aliphatic carbocycles. The summed E-state index contributed by atoms with van der Waals surface area (Å²) in [6.07, 6.45) is 1.17. The molecule has 14 nitrogen and oxygen atoms in total. The molecular formula is C18H20N2O12S4. The summed E-state index contributed by atoms with van der Waals surface area (Å²) < 4.78 is 113. The first-order valence-corrected chi connectivity index (χ1v) is 15.5. The SMILES string of the molecule is CCC1(S(=O)(=O)N(C)S(=O)(=O)O)C=CC2=C(C1)C(=O)c1ccc(S(=O)(=O)N(C)S(=O)(=O)O)cc1C2=O. The molecule has 0 amide bonds. The van der Waals surface area contributed by atoms with E-state index in [0.29, 0.717) is 14.1 Å². The number of sulfonamides is 2. The number of carbonyl (C=O) groups excluding carboxylic acids is 2. The molecule has 3 rings (SSSR count). The van der Waals surface area contributed by atoms with Gasteiger partial charge in [0.15, 0.2) is 11.6 Å². The zero-order valence-electron chi connectivity index (χ0n) is 18.8. The maximum Gasteiger partial charge on any atom is 0.349 e. The van der Waals surface area contributed by atoms with Gasteiger partial charge in [-0.1, -0.05) is 26.5 Å². The van der Waals surface area contributed by atoms with E-state index in [-0.39, 0.29) is 30.6 Å². The summed E-state index contributed by atoms with van der Waals surface area (Å²) in [4.78, 5) is 25.7. The summed E-state index contributed by atoms with van der Waals surface area (Å²) >= 11 is 0. The van der Waals surface area contributed by atoms with E-state index < -0.39 is 73.8 Å². The van der Waals surface area contributed by atoms with Crippen LogP contribution < -0.4 is 0 Å². The monoisotopic (exact) mass is 584 g/mol. The van der Waals surface area contributed by atoms with Crippen molar-refractivity contribution >= 4 is 52.2 Å². The highest BCUT2D eigenvalue weighted by Crippen LogP contribution is 2.42. The first-order chi connectivity index (χ1) is 16.2. The van der Waals surface area contributed by atoms with Crippen molar-refractivity contribution in [1.82, 2.24) is 7.42 Å². The van der Waals surface area contributed by atoms with Gasteiger partial charge in [-0.25, -0.2) is 16.8 Å². The van der Waals surface area contributed by atoms with Crippen molar-refractivity contribution in [3.63, 3.8) is 0 Å².